The molecule has 0 aromatic rings. The van der Waals surface area contributed by atoms with Gasteiger partial charge in [-0.15, -0.1) is 8.57 Å². The molecule has 0 radical (unpaired) electrons. The maximum Gasteiger partial charge on any atom is 0.442 e. The fourth-order valence-electron chi connectivity index (χ4n) is 10.9. The highest BCUT2D eigenvalue weighted by molar-refractivity contribution is 7.81. The number of hydrogen-bond acceptors (Lipinski definition) is 10. The van der Waals surface area contributed by atoms with Crippen LogP contribution in [-0.4, -0.2) is 151 Å². The molecule has 4 aliphatic carbocycles. The number of nitrogens with one attached hydrogen (secondary N) is 2. The zero-order valence-electron chi connectivity index (χ0n) is 29.1. The molecule has 6 saturated heterocycles. The summed E-state index contributed by atoms with van der Waals surface area (Å²) in [7, 11) is -4.88. The molecule has 6 aliphatic heterocycles. The van der Waals surface area contributed by atoms with Crippen LogP contribution in [0.25, 0.3) is 0 Å². The Bertz CT molecular complexity index is 1480. The number of amides is 6. The molecule has 10 fully saturated rings. The first kappa shape index (κ1) is 32.9. The van der Waals surface area contributed by atoms with Gasteiger partial charge in [-0.05, 0) is 99.7 Å². The molecule has 6 heterocycles. The molecule has 4 atom stereocenters. The number of hydrogen-bond donors (Lipinski definition) is 2. The topological polar surface area (TPSA) is 164 Å². The van der Waals surface area contributed by atoms with Gasteiger partial charge in [0.2, 0.25) is 11.8 Å². The Morgan fingerprint density at radius 2 is 1.02 bits per heavy atom. The van der Waals surface area contributed by atoms with Gasteiger partial charge < -0.3 is 30.2 Å². The van der Waals surface area contributed by atoms with Gasteiger partial charge in [-0.2, -0.15) is 18.5 Å². The summed E-state index contributed by atoms with van der Waals surface area (Å²) in [6.45, 7) is 7.13. The van der Waals surface area contributed by atoms with Crippen LogP contribution in [0.15, 0.2) is 0 Å². The summed E-state index contributed by atoms with van der Waals surface area (Å²) >= 11 is 0. The number of likely N-dealkylation sites (tertiary alicyclic amines) is 2. The van der Waals surface area contributed by atoms with Crippen molar-refractivity contribution >= 4 is 34.3 Å². The molecule has 280 valence electrons. The summed E-state index contributed by atoms with van der Waals surface area (Å²) in [5.74, 6) is 1.33. The average Bonchev–Trinajstić information content (AvgIpc) is 3.97. The lowest BCUT2D eigenvalue weighted by molar-refractivity contribution is -0.132. The lowest BCUT2D eigenvalue weighted by atomic mass is 9.60. The van der Waals surface area contributed by atoms with E-state index in [1.807, 2.05) is 0 Å². The second-order valence-electron chi connectivity index (χ2n) is 18.0. The molecular formula is C34H50N8O8S. The van der Waals surface area contributed by atoms with Gasteiger partial charge in [-0.1, -0.05) is 0 Å². The summed E-state index contributed by atoms with van der Waals surface area (Å²) < 4.78 is 36.7. The molecule has 6 amide bonds. The van der Waals surface area contributed by atoms with E-state index < -0.39 is 46.6 Å². The summed E-state index contributed by atoms with van der Waals surface area (Å²) in [5.41, 5.74) is 0.638. The highest BCUT2D eigenvalue weighted by Crippen LogP contribution is 2.51. The number of hydroxylamine groups is 4. The van der Waals surface area contributed by atoms with Crippen LogP contribution < -0.4 is 10.6 Å². The van der Waals surface area contributed by atoms with E-state index in [1.54, 1.807) is 0 Å². The molecule has 2 spiro atoms. The van der Waals surface area contributed by atoms with Crippen LogP contribution in [0.4, 0.5) is 9.59 Å². The highest BCUT2D eigenvalue weighted by atomic mass is 32.3. The van der Waals surface area contributed by atoms with Crippen LogP contribution >= 0.6 is 0 Å². The van der Waals surface area contributed by atoms with E-state index in [0.717, 1.165) is 73.8 Å². The Labute approximate surface area is 298 Å². The van der Waals surface area contributed by atoms with Crippen molar-refractivity contribution in [1.82, 2.24) is 40.4 Å². The van der Waals surface area contributed by atoms with Gasteiger partial charge in [-0.3, -0.25) is 9.59 Å². The zero-order valence-corrected chi connectivity index (χ0v) is 29.9. The van der Waals surface area contributed by atoms with Crippen LogP contribution in [-0.2, 0) is 28.6 Å². The van der Waals surface area contributed by atoms with Gasteiger partial charge in [0.15, 0.2) is 0 Å². The smallest absolute Gasteiger partial charge is 0.352 e. The number of urea groups is 2. The van der Waals surface area contributed by atoms with Crippen LogP contribution in [0.2, 0.25) is 0 Å². The molecule has 10 aliphatic rings. The zero-order chi connectivity index (χ0) is 34.9. The van der Waals surface area contributed by atoms with Gasteiger partial charge in [0.25, 0.3) is 0 Å². The molecule has 4 unspecified atom stereocenters. The van der Waals surface area contributed by atoms with E-state index in [-0.39, 0.29) is 37.0 Å². The minimum absolute atomic E-state index is 0.0939. The van der Waals surface area contributed by atoms with Gasteiger partial charge in [-0.25, -0.2) is 9.59 Å². The lowest BCUT2D eigenvalue weighted by Crippen LogP contribution is -2.67. The number of piperidine rings is 2. The van der Waals surface area contributed by atoms with Crippen molar-refractivity contribution < 1.29 is 36.2 Å². The first-order valence-corrected chi connectivity index (χ1v) is 20.7. The van der Waals surface area contributed by atoms with Gasteiger partial charge >= 0.3 is 22.5 Å². The maximum atomic E-state index is 13.4. The predicted octanol–water partition coefficient (Wildman–Crippen LogP) is 0.613. The third kappa shape index (κ3) is 5.98. The molecule has 0 aromatic heterocycles. The van der Waals surface area contributed by atoms with Crippen LogP contribution in [0.5, 0.6) is 0 Å². The number of carbonyl (C=O) groups is 4. The summed E-state index contributed by atoms with van der Waals surface area (Å²) in [6.07, 6.45) is 10.8. The molecule has 4 saturated carbocycles. The standard InChI is InChI=1S/C34H50N8O8S/c43-29(35-23-9-33(10-23)17-37(18-33)13-21-1-2-21)27-7-5-25-15-39(27)31(45)41(25)49-51(47,48)50-42-26-6-8-28(40(16-26)32(42)46)30(44)36-24-11-34(12-24)19-38(20-34)14-22-3-4-22/h21-28H,1-20H2,(H,35,43)(H,36,44). The van der Waals surface area contributed by atoms with E-state index in [9.17, 15) is 27.6 Å². The summed E-state index contributed by atoms with van der Waals surface area (Å²) in [6, 6.07) is -3.79. The van der Waals surface area contributed by atoms with Crippen LogP contribution in [0.1, 0.15) is 77.0 Å². The third-order valence-corrected chi connectivity index (χ3v) is 14.4. The normalized spacial score (nSPS) is 35.5. The Kier molecular flexibility index (Phi) is 7.50. The van der Waals surface area contributed by atoms with E-state index in [2.05, 4.69) is 20.4 Å². The fourth-order valence-corrected chi connectivity index (χ4v) is 11.7. The Morgan fingerprint density at radius 3 is 1.39 bits per heavy atom. The highest BCUT2D eigenvalue weighted by Gasteiger charge is 2.57. The molecule has 51 heavy (non-hydrogen) atoms. The molecule has 16 nitrogen and oxygen atoms in total. The van der Waals surface area contributed by atoms with Crippen molar-refractivity contribution in [1.29, 1.82) is 0 Å². The van der Waals surface area contributed by atoms with Crippen LogP contribution in [0.3, 0.4) is 0 Å². The van der Waals surface area contributed by atoms with Gasteiger partial charge in [0.05, 0.1) is 12.1 Å². The Balaban J connectivity index is 0.689. The minimum Gasteiger partial charge on any atom is -0.352 e. The fraction of sp³-hybridized carbons (Fsp3) is 0.882. The van der Waals surface area contributed by atoms with Crippen molar-refractivity contribution in [3.05, 3.63) is 0 Å². The number of rotatable bonds is 12. The van der Waals surface area contributed by atoms with Crippen molar-refractivity contribution in [3.8, 4) is 0 Å². The average molecular weight is 731 g/mol. The van der Waals surface area contributed by atoms with E-state index in [4.69, 9.17) is 8.57 Å². The van der Waals surface area contributed by atoms with Crippen molar-refractivity contribution in [2.45, 2.75) is 113 Å². The number of nitrogens with zero attached hydrogens (tertiary/aromatic N) is 6. The van der Waals surface area contributed by atoms with Crippen molar-refractivity contribution in [2.75, 3.05) is 52.4 Å². The first-order valence-electron chi connectivity index (χ1n) is 19.3. The molecule has 10 rings (SSSR count). The third-order valence-electron chi connectivity index (χ3n) is 13.7. The summed E-state index contributed by atoms with van der Waals surface area (Å²) in [5, 5.41) is 7.80. The molecule has 0 aromatic carbocycles. The van der Waals surface area contributed by atoms with Gasteiger partial charge in [0, 0.05) is 64.4 Å². The quantitative estimate of drug-likeness (QED) is 0.291. The van der Waals surface area contributed by atoms with E-state index >= 15 is 0 Å². The first-order chi connectivity index (χ1) is 24.4. The lowest BCUT2D eigenvalue weighted by Gasteiger charge is -2.59. The second-order valence-corrected chi connectivity index (χ2v) is 19.1. The Morgan fingerprint density at radius 1 is 0.627 bits per heavy atom. The molecular weight excluding hydrogens is 680 g/mol. The number of carbonyl (C=O) groups excluding carboxylic acids is 4. The number of fused-ring (bicyclic) bond motifs is 4. The van der Waals surface area contributed by atoms with Gasteiger partial charge in [0.1, 0.15) is 12.1 Å². The van der Waals surface area contributed by atoms with E-state index in [1.165, 1.54) is 48.6 Å². The molecule has 4 bridgehead atoms. The molecule has 2 N–H and O–H groups in total. The summed E-state index contributed by atoms with van der Waals surface area (Å²) in [4.78, 5) is 61.1. The second kappa shape index (κ2) is 11.6. The largest absolute Gasteiger partial charge is 0.442 e. The predicted molar refractivity (Wildman–Crippen MR) is 178 cm³/mol. The van der Waals surface area contributed by atoms with Crippen molar-refractivity contribution in [3.63, 3.8) is 0 Å². The van der Waals surface area contributed by atoms with Crippen LogP contribution in [0, 0.1) is 22.7 Å². The van der Waals surface area contributed by atoms with E-state index in [0.29, 0.717) is 36.5 Å². The molecule has 17 heteroatoms. The maximum absolute atomic E-state index is 13.4. The monoisotopic (exact) mass is 730 g/mol. The SMILES string of the molecule is O=C(NC1CC2(C1)CN(CC1CC1)C2)C1CCC2CN1C(=O)N2OS(=O)(=O)ON1C(=O)N2CC1CCC2C(=O)NC1CC2(C1)CN(CC1CC1)C2. The minimum atomic E-state index is -4.88. The Hall–Kier alpha value is -2.73. The van der Waals surface area contributed by atoms with Crippen molar-refractivity contribution in [2.24, 2.45) is 22.7 Å².